The Labute approximate surface area is 78.6 Å². The molecule has 0 bridgehead atoms. The lowest BCUT2D eigenvalue weighted by Crippen LogP contribution is -1.89. The van der Waals surface area contributed by atoms with Gasteiger partial charge in [0.25, 0.3) is 0 Å². The van der Waals surface area contributed by atoms with E-state index < -0.39 is 0 Å². The van der Waals surface area contributed by atoms with Crippen molar-refractivity contribution in [1.29, 1.82) is 0 Å². The Morgan fingerprint density at radius 2 is 2.42 bits per heavy atom. The van der Waals surface area contributed by atoms with E-state index in [2.05, 4.69) is 24.9 Å². The maximum atomic E-state index is 4.10. The lowest BCUT2D eigenvalue weighted by atomic mass is 10.2. The SMILES string of the molecule is CCCSC(C)c1cccnc1. The molecule has 0 aromatic carbocycles. The summed E-state index contributed by atoms with van der Waals surface area (Å²) in [4.78, 5) is 4.10. The summed E-state index contributed by atoms with van der Waals surface area (Å²) in [6.07, 6.45) is 5.02. The minimum atomic E-state index is 0.582. The number of rotatable bonds is 4. The molecule has 1 aromatic rings. The van der Waals surface area contributed by atoms with Crippen LogP contribution in [0.25, 0.3) is 0 Å². The van der Waals surface area contributed by atoms with Crippen molar-refractivity contribution in [3.63, 3.8) is 0 Å². The quantitative estimate of drug-likeness (QED) is 0.707. The van der Waals surface area contributed by atoms with Gasteiger partial charge in [-0.1, -0.05) is 13.0 Å². The van der Waals surface area contributed by atoms with Crippen LogP contribution in [0.3, 0.4) is 0 Å². The highest BCUT2D eigenvalue weighted by Crippen LogP contribution is 2.27. The van der Waals surface area contributed by atoms with E-state index in [0.717, 1.165) is 0 Å². The third-order valence-corrected chi connectivity index (χ3v) is 3.14. The van der Waals surface area contributed by atoms with Gasteiger partial charge < -0.3 is 0 Å². The summed E-state index contributed by atoms with van der Waals surface area (Å²) >= 11 is 1.99. The van der Waals surface area contributed by atoms with Crippen molar-refractivity contribution >= 4 is 11.8 Å². The van der Waals surface area contributed by atoms with Crippen LogP contribution >= 0.6 is 11.8 Å². The van der Waals surface area contributed by atoms with Crippen molar-refractivity contribution in [2.75, 3.05) is 5.75 Å². The van der Waals surface area contributed by atoms with Gasteiger partial charge in [0.2, 0.25) is 0 Å². The maximum absolute atomic E-state index is 4.10. The van der Waals surface area contributed by atoms with E-state index in [1.807, 2.05) is 30.2 Å². The van der Waals surface area contributed by atoms with Gasteiger partial charge >= 0.3 is 0 Å². The molecule has 66 valence electrons. The molecule has 1 atom stereocenters. The molecular weight excluding hydrogens is 166 g/mol. The average Bonchev–Trinajstić information content (AvgIpc) is 2.15. The topological polar surface area (TPSA) is 12.9 Å². The Morgan fingerprint density at radius 3 is 3.00 bits per heavy atom. The summed E-state index contributed by atoms with van der Waals surface area (Å²) in [5, 5.41) is 0.582. The zero-order valence-corrected chi connectivity index (χ0v) is 8.47. The molecule has 1 nitrogen and oxygen atoms in total. The zero-order chi connectivity index (χ0) is 8.81. The van der Waals surface area contributed by atoms with Crippen molar-refractivity contribution in [2.24, 2.45) is 0 Å². The first-order valence-corrected chi connectivity index (χ1v) is 5.41. The molecule has 1 aromatic heterocycles. The first-order valence-electron chi connectivity index (χ1n) is 4.36. The van der Waals surface area contributed by atoms with Gasteiger partial charge in [0.15, 0.2) is 0 Å². The molecule has 0 fully saturated rings. The van der Waals surface area contributed by atoms with Gasteiger partial charge in [-0.25, -0.2) is 0 Å². The summed E-state index contributed by atoms with van der Waals surface area (Å²) in [6.45, 7) is 4.44. The largest absolute Gasteiger partial charge is 0.264 e. The summed E-state index contributed by atoms with van der Waals surface area (Å²) < 4.78 is 0. The summed E-state index contributed by atoms with van der Waals surface area (Å²) in [5.41, 5.74) is 1.33. The molecule has 1 heterocycles. The molecule has 0 saturated heterocycles. The Kier molecular flexibility index (Phi) is 4.15. The Morgan fingerprint density at radius 1 is 1.58 bits per heavy atom. The van der Waals surface area contributed by atoms with E-state index in [-0.39, 0.29) is 0 Å². The number of hydrogen-bond acceptors (Lipinski definition) is 2. The van der Waals surface area contributed by atoms with Crippen molar-refractivity contribution in [3.8, 4) is 0 Å². The molecule has 0 N–H and O–H groups in total. The third-order valence-electron chi connectivity index (χ3n) is 1.73. The minimum absolute atomic E-state index is 0.582. The van der Waals surface area contributed by atoms with E-state index in [9.17, 15) is 0 Å². The van der Waals surface area contributed by atoms with E-state index in [1.165, 1.54) is 17.7 Å². The van der Waals surface area contributed by atoms with Gasteiger partial charge in [-0.3, -0.25) is 4.98 Å². The van der Waals surface area contributed by atoms with Crippen LogP contribution in [0.15, 0.2) is 24.5 Å². The fourth-order valence-corrected chi connectivity index (χ4v) is 1.93. The fourth-order valence-electron chi connectivity index (χ4n) is 1.01. The second-order valence-corrected chi connectivity index (χ2v) is 4.25. The van der Waals surface area contributed by atoms with Gasteiger partial charge in [-0.05, 0) is 30.7 Å². The van der Waals surface area contributed by atoms with E-state index in [4.69, 9.17) is 0 Å². The number of pyridine rings is 1. The number of nitrogens with zero attached hydrogens (tertiary/aromatic N) is 1. The van der Waals surface area contributed by atoms with Crippen LogP contribution in [-0.4, -0.2) is 10.7 Å². The zero-order valence-electron chi connectivity index (χ0n) is 7.66. The van der Waals surface area contributed by atoms with Crippen LogP contribution < -0.4 is 0 Å². The van der Waals surface area contributed by atoms with Gasteiger partial charge in [0.05, 0.1) is 0 Å². The number of hydrogen-bond donors (Lipinski definition) is 0. The van der Waals surface area contributed by atoms with Crippen LogP contribution in [0.4, 0.5) is 0 Å². The van der Waals surface area contributed by atoms with Crippen molar-refractivity contribution < 1.29 is 0 Å². The minimum Gasteiger partial charge on any atom is -0.264 e. The molecule has 0 saturated carbocycles. The van der Waals surface area contributed by atoms with Crippen LogP contribution in [0.1, 0.15) is 31.1 Å². The lowest BCUT2D eigenvalue weighted by molar-refractivity contribution is 1.04. The fraction of sp³-hybridized carbons (Fsp3) is 0.500. The highest BCUT2D eigenvalue weighted by molar-refractivity contribution is 7.99. The molecule has 0 spiro atoms. The molecule has 0 amide bonds. The molecule has 0 aliphatic carbocycles. The van der Waals surface area contributed by atoms with Crippen LogP contribution in [0.2, 0.25) is 0 Å². The van der Waals surface area contributed by atoms with Gasteiger partial charge in [0, 0.05) is 17.6 Å². The van der Waals surface area contributed by atoms with Gasteiger partial charge in [-0.15, -0.1) is 0 Å². The molecule has 1 unspecified atom stereocenters. The Bertz CT molecular complexity index is 210. The number of thioether (sulfide) groups is 1. The highest BCUT2D eigenvalue weighted by Gasteiger charge is 2.03. The normalized spacial score (nSPS) is 12.8. The first kappa shape index (κ1) is 9.59. The molecule has 0 radical (unpaired) electrons. The van der Waals surface area contributed by atoms with E-state index >= 15 is 0 Å². The van der Waals surface area contributed by atoms with Crippen molar-refractivity contribution in [1.82, 2.24) is 4.98 Å². The molecule has 0 aliphatic heterocycles. The first-order chi connectivity index (χ1) is 5.84. The number of aromatic nitrogens is 1. The maximum Gasteiger partial charge on any atom is 0.0311 e. The highest BCUT2D eigenvalue weighted by atomic mass is 32.2. The lowest BCUT2D eigenvalue weighted by Gasteiger charge is -2.09. The molecular formula is C10H15NS. The van der Waals surface area contributed by atoms with Gasteiger partial charge in [0.1, 0.15) is 0 Å². The van der Waals surface area contributed by atoms with Crippen molar-refractivity contribution in [2.45, 2.75) is 25.5 Å². The van der Waals surface area contributed by atoms with Crippen LogP contribution in [0.5, 0.6) is 0 Å². The summed E-state index contributed by atoms with van der Waals surface area (Å²) in [5.74, 6) is 1.23. The summed E-state index contributed by atoms with van der Waals surface area (Å²) in [7, 11) is 0. The molecule has 1 rings (SSSR count). The van der Waals surface area contributed by atoms with Crippen LogP contribution in [-0.2, 0) is 0 Å². The monoisotopic (exact) mass is 181 g/mol. The van der Waals surface area contributed by atoms with E-state index in [0.29, 0.717) is 5.25 Å². The Hall–Kier alpha value is -0.500. The molecule has 12 heavy (non-hydrogen) atoms. The van der Waals surface area contributed by atoms with Crippen molar-refractivity contribution in [3.05, 3.63) is 30.1 Å². The predicted molar refractivity (Wildman–Crippen MR) is 55.4 cm³/mol. The molecule has 2 heteroatoms. The Balaban J connectivity index is 2.48. The van der Waals surface area contributed by atoms with E-state index in [1.54, 1.807) is 0 Å². The molecule has 0 aliphatic rings. The van der Waals surface area contributed by atoms with Crippen LogP contribution in [0, 0.1) is 0 Å². The summed E-state index contributed by atoms with van der Waals surface area (Å²) in [6, 6.07) is 4.14. The second-order valence-electron chi connectivity index (χ2n) is 2.80. The second kappa shape index (κ2) is 5.20. The predicted octanol–water partition coefficient (Wildman–Crippen LogP) is 3.29. The third kappa shape index (κ3) is 2.86. The smallest absolute Gasteiger partial charge is 0.0311 e. The standard InChI is InChI=1S/C10H15NS/c1-3-7-12-9(2)10-5-4-6-11-8-10/h4-6,8-9H,3,7H2,1-2H3. The van der Waals surface area contributed by atoms with Gasteiger partial charge in [-0.2, -0.15) is 11.8 Å². The average molecular weight is 181 g/mol.